The van der Waals surface area contributed by atoms with Gasteiger partial charge in [-0.2, -0.15) is 21.4 Å². The van der Waals surface area contributed by atoms with Crippen LogP contribution in [0.25, 0.3) is 23.0 Å². The summed E-state index contributed by atoms with van der Waals surface area (Å²) in [6, 6.07) is 3.73. The Morgan fingerprint density at radius 1 is 1.33 bits per heavy atom. The van der Waals surface area contributed by atoms with Crippen LogP contribution in [0.3, 0.4) is 0 Å². The van der Waals surface area contributed by atoms with Crippen LogP contribution in [-0.4, -0.2) is 20.3 Å². The number of thiophene rings is 1. The highest BCUT2D eigenvalue weighted by Crippen LogP contribution is 2.21. The van der Waals surface area contributed by atoms with Gasteiger partial charge in [0.1, 0.15) is 5.69 Å². The van der Waals surface area contributed by atoms with Gasteiger partial charge in [-0.1, -0.05) is 5.16 Å². The third-order valence-corrected chi connectivity index (χ3v) is 2.62. The van der Waals surface area contributed by atoms with Gasteiger partial charge in [-0.3, -0.25) is 5.10 Å². The Balaban J connectivity index is 2.02. The number of aromatic amines is 1. The molecule has 0 bridgehead atoms. The maximum absolute atomic E-state index is 5.11. The molecule has 0 aliphatic carbocycles. The number of aromatic nitrogens is 4. The molecule has 74 valence electrons. The summed E-state index contributed by atoms with van der Waals surface area (Å²) in [6.45, 7) is 0. The van der Waals surface area contributed by atoms with Gasteiger partial charge in [0.05, 0.1) is 0 Å². The van der Waals surface area contributed by atoms with Crippen LogP contribution in [0.4, 0.5) is 0 Å². The van der Waals surface area contributed by atoms with Crippen molar-refractivity contribution >= 4 is 11.3 Å². The minimum absolute atomic E-state index is 0.453. The standard InChI is InChI=1S/C9H6N4OS/c1-3-10-12-7(1)9-11-8(13-14-9)6-2-4-15-5-6/h1-5H,(H,10,12). The largest absolute Gasteiger partial charge is 0.332 e. The minimum atomic E-state index is 0.453. The van der Waals surface area contributed by atoms with Crippen molar-refractivity contribution in [2.75, 3.05) is 0 Å². The lowest BCUT2D eigenvalue weighted by atomic mass is 10.3. The molecule has 0 aromatic carbocycles. The summed E-state index contributed by atoms with van der Waals surface area (Å²) in [4.78, 5) is 4.25. The Hall–Kier alpha value is -1.95. The van der Waals surface area contributed by atoms with Crippen molar-refractivity contribution in [3.05, 3.63) is 29.1 Å². The monoisotopic (exact) mass is 218 g/mol. The Morgan fingerprint density at radius 2 is 2.33 bits per heavy atom. The number of hydrogen-bond donors (Lipinski definition) is 1. The Labute approximate surface area is 88.8 Å². The van der Waals surface area contributed by atoms with E-state index in [0.29, 0.717) is 11.7 Å². The minimum Gasteiger partial charge on any atom is -0.332 e. The van der Waals surface area contributed by atoms with Crippen LogP contribution in [0, 0.1) is 0 Å². The Kier molecular flexibility index (Phi) is 1.85. The van der Waals surface area contributed by atoms with E-state index in [1.54, 1.807) is 23.6 Å². The van der Waals surface area contributed by atoms with Gasteiger partial charge < -0.3 is 4.52 Å². The third-order valence-electron chi connectivity index (χ3n) is 1.94. The normalized spacial score (nSPS) is 10.7. The van der Waals surface area contributed by atoms with Gasteiger partial charge in [-0.05, 0) is 17.5 Å². The summed E-state index contributed by atoms with van der Waals surface area (Å²) in [5.41, 5.74) is 1.69. The first-order valence-corrected chi connectivity index (χ1v) is 5.24. The van der Waals surface area contributed by atoms with E-state index in [1.807, 2.05) is 16.8 Å². The highest BCUT2D eigenvalue weighted by Gasteiger charge is 2.11. The zero-order chi connectivity index (χ0) is 10.1. The Bertz CT molecular complexity index is 492. The van der Waals surface area contributed by atoms with Gasteiger partial charge in [0, 0.05) is 17.1 Å². The lowest BCUT2D eigenvalue weighted by Crippen LogP contribution is -1.78. The molecule has 0 unspecified atom stereocenters. The molecule has 0 amide bonds. The lowest BCUT2D eigenvalue weighted by Gasteiger charge is -1.83. The molecule has 3 heterocycles. The number of hydrogen-bond acceptors (Lipinski definition) is 5. The fourth-order valence-corrected chi connectivity index (χ4v) is 1.85. The molecule has 1 N–H and O–H groups in total. The van der Waals surface area contributed by atoms with E-state index in [-0.39, 0.29) is 0 Å². The van der Waals surface area contributed by atoms with Crippen LogP contribution in [-0.2, 0) is 0 Å². The Morgan fingerprint density at radius 3 is 3.07 bits per heavy atom. The van der Waals surface area contributed by atoms with Crippen molar-refractivity contribution in [2.24, 2.45) is 0 Å². The van der Waals surface area contributed by atoms with Gasteiger partial charge in [0.25, 0.3) is 5.89 Å². The summed E-state index contributed by atoms with van der Waals surface area (Å²) < 4.78 is 5.11. The van der Waals surface area contributed by atoms with Crippen LogP contribution in [0.2, 0.25) is 0 Å². The molecule has 0 saturated heterocycles. The van der Waals surface area contributed by atoms with Crippen molar-refractivity contribution in [1.29, 1.82) is 0 Å². The predicted octanol–water partition coefficient (Wildman–Crippen LogP) is 2.19. The van der Waals surface area contributed by atoms with E-state index < -0.39 is 0 Å². The van der Waals surface area contributed by atoms with Crippen molar-refractivity contribution in [3.8, 4) is 23.0 Å². The fourth-order valence-electron chi connectivity index (χ4n) is 1.22. The molecule has 3 aromatic rings. The second-order valence-electron chi connectivity index (χ2n) is 2.91. The van der Waals surface area contributed by atoms with Gasteiger partial charge >= 0.3 is 0 Å². The molecule has 0 radical (unpaired) electrons. The molecule has 6 heteroatoms. The first-order chi connectivity index (χ1) is 7.43. The molecule has 15 heavy (non-hydrogen) atoms. The SMILES string of the molecule is c1cc(-c2nc(-c3ccsc3)no2)[nH]n1. The second-order valence-corrected chi connectivity index (χ2v) is 3.69. The predicted molar refractivity (Wildman–Crippen MR) is 55.2 cm³/mol. The van der Waals surface area contributed by atoms with E-state index in [4.69, 9.17) is 4.52 Å². The topological polar surface area (TPSA) is 67.6 Å². The van der Waals surface area contributed by atoms with Gasteiger partial charge in [0.2, 0.25) is 5.82 Å². The van der Waals surface area contributed by atoms with Crippen LogP contribution < -0.4 is 0 Å². The third kappa shape index (κ3) is 1.44. The average Bonchev–Trinajstić information content (AvgIpc) is 3.02. The average molecular weight is 218 g/mol. The quantitative estimate of drug-likeness (QED) is 0.715. The van der Waals surface area contributed by atoms with E-state index in [2.05, 4.69) is 20.3 Å². The van der Waals surface area contributed by atoms with Gasteiger partial charge in [-0.25, -0.2) is 0 Å². The van der Waals surface area contributed by atoms with Crippen LogP contribution >= 0.6 is 11.3 Å². The molecule has 5 nitrogen and oxygen atoms in total. The smallest absolute Gasteiger partial charge is 0.276 e. The summed E-state index contributed by atoms with van der Waals surface area (Å²) in [5, 5.41) is 14.4. The number of rotatable bonds is 2. The highest BCUT2D eigenvalue weighted by atomic mass is 32.1. The van der Waals surface area contributed by atoms with Crippen molar-refractivity contribution in [1.82, 2.24) is 20.3 Å². The molecule has 0 aliphatic rings. The highest BCUT2D eigenvalue weighted by molar-refractivity contribution is 7.08. The lowest BCUT2D eigenvalue weighted by molar-refractivity contribution is 0.431. The summed E-state index contributed by atoms with van der Waals surface area (Å²) in [7, 11) is 0. The molecule has 3 rings (SSSR count). The molecule has 0 aliphatic heterocycles. The molecular weight excluding hydrogens is 212 g/mol. The van der Waals surface area contributed by atoms with E-state index in [9.17, 15) is 0 Å². The molecule has 3 aromatic heterocycles. The van der Waals surface area contributed by atoms with Crippen molar-refractivity contribution < 1.29 is 4.52 Å². The molecule has 0 atom stereocenters. The zero-order valence-corrected chi connectivity index (χ0v) is 8.36. The second kappa shape index (κ2) is 3.32. The van der Waals surface area contributed by atoms with Crippen molar-refractivity contribution in [2.45, 2.75) is 0 Å². The van der Waals surface area contributed by atoms with Crippen LogP contribution in [0.1, 0.15) is 0 Å². The van der Waals surface area contributed by atoms with E-state index in [0.717, 1.165) is 11.3 Å². The zero-order valence-electron chi connectivity index (χ0n) is 7.54. The summed E-state index contributed by atoms with van der Waals surface area (Å²) >= 11 is 1.60. The maximum atomic E-state index is 5.11. The first kappa shape index (κ1) is 8.37. The van der Waals surface area contributed by atoms with Gasteiger partial charge in [-0.15, -0.1) is 0 Å². The fraction of sp³-hybridized carbons (Fsp3) is 0. The van der Waals surface area contributed by atoms with Crippen LogP contribution in [0.15, 0.2) is 33.6 Å². The molecule has 0 saturated carbocycles. The number of nitrogens with one attached hydrogen (secondary N) is 1. The number of nitrogens with zero attached hydrogens (tertiary/aromatic N) is 3. The molecule has 0 fully saturated rings. The van der Waals surface area contributed by atoms with E-state index in [1.165, 1.54) is 0 Å². The van der Waals surface area contributed by atoms with Gasteiger partial charge in [0.15, 0.2) is 0 Å². The summed E-state index contributed by atoms with van der Waals surface area (Å²) in [6.07, 6.45) is 1.64. The maximum Gasteiger partial charge on any atom is 0.276 e. The summed E-state index contributed by atoms with van der Waals surface area (Å²) in [5.74, 6) is 1.05. The number of H-pyrrole nitrogens is 1. The van der Waals surface area contributed by atoms with Crippen LogP contribution in [0.5, 0.6) is 0 Å². The van der Waals surface area contributed by atoms with Crippen molar-refractivity contribution in [3.63, 3.8) is 0 Å². The van der Waals surface area contributed by atoms with E-state index >= 15 is 0 Å². The molecule has 0 spiro atoms. The molecular formula is C9H6N4OS. The first-order valence-electron chi connectivity index (χ1n) is 4.29.